The van der Waals surface area contributed by atoms with Crippen molar-refractivity contribution in [2.45, 2.75) is 31.8 Å². The largest absolute Gasteiger partial charge is 0.386 e. The molecule has 1 aliphatic carbocycles. The second-order valence-electron chi connectivity index (χ2n) is 3.40. The summed E-state index contributed by atoms with van der Waals surface area (Å²) in [6.07, 6.45) is 4.56. The molecule has 0 aliphatic heterocycles. The predicted molar refractivity (Wildman–Crippen MR) is 49.0 cm³/mol. The monoisotopic (exact) mass is 183 g/mol. The summed E-state index contributed by atoms with van der Waals surface area (Å²) in [5.41, 5.74) is 2.65. The standard InChI is InChI=1S/C9H13NOS/c11-9(7-3-1-2-4-7)8-5-12-6-10-8/h5-7,9,11H,1-4H2. The van der Waals surface area contributed by atoms with Crippen LogP contribution >= 0.6 is 11.3 Å². The molecule has 0 amide bonds. The zero-order chi connectivity index (χ0) is 8.39. The van der Waals surface area contributed by atoms with E-state index in [0.29, 0.717) is 5.92 Å². The van der Waals surface area contributed by atoms with E-state index < -0.39 is 0 Å². The van der Waals surface area contributed by atoms with Crippen molar-refractivity contribution < 1.29 is 5.11 Å². The molecular formula is C9H13NOS. The summed E-state index contributed by atoms with van der Waals surface area (Å²) in [6, 6.07) is 0. The number of thiazole rings is 1. The number of rotatable bonds is 2. The normalized spacial score (nSPS) is 21.4. The number of nitrogens with zero attached hydrogens (tertiary/aromatic N) is 1. The van der Waals surface area contributed by atoms with Crippen LogP contribution in [0.15, 0.2) is 10.9 Å². The van der Waals surface area contributed by atoms with Crippen LogP contribution in [0.1, 0.15) is 37.5 Å². The molecule has 1 aliphatic rings. The van der Waals surface area contributed by atoms with Gasteiger partial charge in [-0.25, -0.2) is 4.98 Å². The molecule has 1 aromatic heterocycles. The fourth-order valence-corrected chi connectivity index (χ4v) is 2.47. The molecule has 66 valence electrons. The van der Waals surface area contributed by atoms with Gasteiger partial charge in [-0.15, -0.1) is 11.3 Å². The molecule has 1 aromatic rings. The van der Waals surface area contributed by atoms with Crippen LogP contribution < -0.4 is 0 Å². The summed E-state index contributed by atoms with van der Waals surface area (Å²) in [5, 5.41) is 11.8. The summed E-state index contributed by atoms with van der Waals surface area (Å²) in [5.74, 6) is 0.465. The van der Waals surface area contributed by atoms with Gasteiger partial charge in [-0.1, -0.05) is 12.8 Å². The predicted octanol–water partition coefficient (Wildman–Crippen LogP) is 2.37. The molecule has 0 spiro atoms. The Kier molecular flexibility index (Phi) is 2.42. The molecule has 2 nitrogen and oxygen atoms in total. The average Bonchev–Trinajstić information content (AvgIpc) is 2.77. The fraction of sp³-hybridized carbons (Fsp3) is 0.667. The average molecular weight is 183 g/mol. The molecule has 12 heavy (non-hydrogen) atoms. The topological polar surface area (TPSA) is 33.1 Å². The van der Waals surface area contributed by atoms with Gasteiger partial charge in [0, 0.05) is 5.38 Å². The SMILES string of the molecule is OC(c1cscn1)C1CCCC1. The Labute approximate surface area is 76.3 Å². The minimum Gasteiger partial charge on any atom is -0.386 e. The second-order valence-corrected chi connectivity index (χ2v) is 4.12. The van der Waals surface area contributed by atoms with Crippen molar-refractivity contribution in [1.82, 2.24) is 4.98 Å². The van der Waals surface area contributed by atoms with Crippen molar-refractivity contribution in [3.8, 4) is 0 Å². The number of aliphatic hydroxyl groups is 1. The van der Waals surface area contributed by atoms with Gasteiger partial charge >= 0.3 is 0 Å². The maximum absolute atomic E-state index is 9.85. The summed E-state index contributed by atoms with van der Waals surface area (Å²) in [4.78, 5) is 4.13. The summed E-state index contributed by atoms with van der Waals surface area (Å²) in [6.45, 7) is 0. The van der Waals surface area contributed by atoms with Crippen molar-refractivity contribution >= 4 is 11.3 Å². The highest BCUT2D eigenvalue weighted by Gasteiger charge is 2.25. The number of aliphatic hydroxyl groups excluding tert-OH is 1. The van der Waals surface area contributed by atoms with Gasteiger partial charge in [0.2, 0.25) is 0 Å². The van der Waals surface area contributed by atoms with Gasteiger partial charge in [0.25, 0.3) is 0 Å². The molecule has 0 saturated heterocycles. The van der Waals surface area contributed by atoms with E-state index in [2.05, 4.69) is 4.98 Å². The third-order valence-electron chi connectivity index (χ3n) is 2.60. The van der Waals surface area contributed by atoms with Gasteiger partial charge < -0.3 is 5.11 Å². The second kappa shape index (κ2) is 3.54. The Morgan fingerprint density at radius 1 is 1.50 bits per heavy atom. The third-order valence-corrected chi connectivity index (χ3v) is 3.21. The zero-order valence-electron chi connectivity index (χ0n) is 6.94. The highest BCUT2D eigenvalue weighted by molar-refractivity contribution is 7.07. The molecule has 1 saturated carbocycles. The van der Waals surface area contributed by atoms with Crippen molar-refractivity contribution in [3.63, 3.8) is 0 Å². The van der Waals surface area contributed by atoms with E-state index in [9.17, 15) is 5.11 Å². The lowest BCUT2D eigenvalue weighted by atomic mass is 9.99. The molecule has 0 bridgehead atoms. The van der Waals surface area contributed by atoms with E-state index in [4.69, 9.17) is 0 Å². The van der Waals surface area contributed by atoms with E-state index in [1.807, 2.05) is 5.38 Å². The Morgan fingerprint density at radius 2 is 2.25 bits per heavy atom. The maximum atomic E-state index is 9.85. The number of aromatic nitrogens is 1. The molecule has 3 heteroatoms. The first-order valence-electron chi connectivity index (χ1n) is 4.44. The van der Waals surface area contributed by atoms with Crippen molar-refractivity contribution in [2.24, 2.45) is 5.92 Å². The minimum absolute atomic E-state index is 0.307. The van der Waals surface area contributed by atoms with Crippen LogP contribution in [0.5, 0.6) is 0 Å². The van der Waals surface area contributed by atoms with Crippen LogP contribution in [0.25, 0.3) is 0 Å². The van der Waals surface area contributed by atoms with E-state index in [0.717, 1.165) is 5.69 Å². The molecule has 1 unspecified atom stereocenters. The minimum atomic E-state index is -0.307. The smallest absolute Gasteiger partial charge is 0.0996 e. The lowest BCUT2D eigenvalue weighted by Crippen LogP contribution is -2.08. The van der Waals surface area contributed by atoms with Gasteiger partial charge in [0.1, 0.15) is 0 Å². The van der Waals surface area contributed by atoms with Gasteiger partial charge in [0.15, 0.2) is 0 Å². The van der Waals surface area contributed by atoms with Gasteiger partial charge in [-0.05, 0) is 18.8 Å². The maximum Gasteiger partial charge on any atom is 0.0996 e. The lowest BCUT2D eigenvalue weighted by Gasteiger charge is -2.14. The molecule has 1 atom stereocenters. The first kappa shape index (κ1) is 8.20. The van der Waals surface area contributed by atoms with E-state index in [1.165, 1.54) is 25.7 Å². The first-order valence-corrected chi connectivity index (χ1v) is 5.38. The van der Waals surface area contributed by atoms with Gasteiger partial charge in [0.05, 0.1) is 17.3 Å². The summed E-state index contributed by atoms with van der Waals surface area (Å²) in [7, 11) is 0. The Hall–Kier alpha value is -0.410. The summed E-state index contributed by atoms with van der Waals surface area (Å²) >= 11 is 1.56. The van der Waals surface area contributed by atoms with Gasteiger partial charge in [-0.2, -0.15) is 0 Å². The molecule has 1 N–H and O–H groups in total. The van der Waals surface area contributed by atoms with Crippen LogP contribution in [-0.4, -0.2) is 10.1 Å². The molecule has 2 rings (SSSR count). The first-order chi connectivity index (χ1) is 5.88. The third kappa shape index (κ3) is 1.52. The van der Waals surface area contributed by atoms with Gasteiger partial charge in [-0.3, -0.25) is 0 Å². The Morgan fingerprint density at radius 3 is 2.83 bits per heavy atom. The Balaban J connectivity index is 2.04. The highest BCUT2D eigenvalue weighted by atomic mass is 32.1. The highest BCUT2D eigenvalue weighted by Crippen LogP contribution is 2.35. The summed E-state index contributed by atoms with van der Waals surface area (Å²) < 4.78 is 0. The van der Waals surface area contributed by atoms with E-state index in [1.54, 1.807) is 16.8 Å². The fourth-order valence-electron chi connectivity index (χ4n) is 1.88. The van der Waals surface area contributed by atoms with Crippen LogP contribution in [-0.2, 0) is 0 Å². The van der Waals surface area contributed by atoms with E-state index in [-0.39, 0.29) is 6.10 Å². The Bertz CT molecular complexity index is 229. The molecule has 1 fully saturated rings. The molecular weight excluding hydrogens is 170 g/mol. The molecule has 1 heterocycles. The molecule has 0 aromatic carbocycles. The van der Waals surface area contributed by atoms with Crippen molar-refractivity contribution in [3.05, 3.63) is 16.6 Å². The number of hydrogen-bond donors (Lipinski definition) is 1. The van der Waals surface area contributed by atoms with Crippen molar-refractivity contribution in [2.75, 3.05) is 0 Å². The quantitative estimate of drug-likeness (QED) is 0.763. The zero-order valence-corrected chi connectivity index (χ0v) is 7.76. The lowest BCUT2D eigenvalue weighted by molar-refractivity contribution is 0.108. The van der Waals surface area contributed by atoms with Crippen LogP contribution in [0.2, 0.25) is 0 Å². The van der Waals surface area contributed by atoms with Crippen LogP contribution in [0.3, 0.4) is 0 Å². The van der Waals surface area contributed by atoms with Crippen LogP contribution in [0, 0.1) is 5.92 Å². The number of hydrogen-bond acceptors (Lipinski definition) is 3. The van der Waals surface area contributed by atoms with E-state index >= 15 is 0 Å². The van der Waals surface area contributed by atoms with Crippen molar-refractivity contribution in [1.29, 1.82) is 0 Å². The molecule has 0 radical (unpaired) electrons. The van der Waals surface area contributed by atoms with Crippen LogP contribution in [0.4, 0.5) is 0 Å².